The second-order valence-corrected chi connectivity index (χ2v) is 6.39. The van der Waals surface area contributed by atoms with Gasteiger partial charge in [0.2, 0.25) is 0 Å². The summed E-state index contributed by atoms with van der Waals surface area (Å²) in [5.74, 6) is 0.324. The Kier molecular flexibility index (Phi) is 4.04. The first kappa shape index (κ1) is 15.9. The number of carbonyl (C=O) groups excluding carboxylic acids is 2. The third kappa shape index (κ3) is 2.93. The van der Waals surface area contributed by atoms with E-state index in [1.165, 1.54) is 0 Å². The van der Waals surface area contributed by atoms with Crippen LogP contribution in [0.1, 0.15) is 45.3 Å². The van der Waals surface area contributed by atoms with Crippen LogP contribution < -0.4 is 0 Å². The Morgan fingerprint density at radius 1 is 1.08 bits per heavy atom. The maximum Gasteiger partial charge on any atom is 0.289 e. The minimum absolute atomic E-state index is 0.0316. The molecule has 4 heterocycles. The van der Waals surface area contributed by atoms with Gasteiger partial charge in [0, 0.05) is 19.6 Å². The lowest BCUT2D eigenvalue weighted by Crippen LogP contribution is -2.38. The largest absolute Gasteiger partial charge is 0.453 e. The average Bonchev–Trinajstić information content (AvgIpc) is 3.39. The van der Waals surface area contributed by atoms with Crippen LogP contribution in [0.25, 0.3) is 0 Å². The van der Waals surface area contributed by atoms with E-state index in [1.54, 1.807) is 27.8 Å². The van der Waals surface area contributed by atoms with Gasteiger partial charge in [-0.3, -0.25) is 14.3 Å². The quantitative estimate of drug-likeness (QED) is 0.892. The predicted molar refractivity (Wildman–Crippen MR) is 86.7 cm³/mol. The summed E-state index contributed by atoms with van der Waals surface area (Å²) in [6.45, 7) is 2.77. The molecule has 4 rings (SSSR count). The highest BCUT2D eigenvalue weighted by atomic mass is 16.4. The molecule has 1 saturated heterocycles. The number of carbonyl (C=O) groups is 2. The van der Waals surface area contributed by atoms with Gasteiger partial charge in [-0.1, -0.05) is 0 Å². The fraction of sp³-hybridized carbons (Fsp3) is 0.471. The fourth-order valence-electron chi connectivity index (χ4n) is 3.36. The van der Waals surface area contributed by atoms with Crippen LogP contribution in [0.15, 0.2) is 22.6 Å². The van der Waals surface area contributed by atoms with Gasteiger partial charge in [0.15, 0.2) is 11.5 Å². The van der Waals surface area contributed by atoms with E-state index in [2.05, 4.69) is 5.10 Å². The van der Waals surface area contributed by atoms with E-state index in [9.17, 15) is 9.59 Å². The fourth-order valence-corrected chi connectivity index (χ4v) is 3.36. The highest BCUT2D eigenvalue weighted by Gasteiger charge is 2.28. The van der Waals surface area contributed by atoms with Gasteiger partial charge < -0.3 is 19.3 Å². The predicted octanol–water partition coefficient (Wildman–Crippen LogP) is 0.860. The van der Waals surface area contributed by atoms with Gasteiger partial charge in [-0.15, -0.1) is 0 Å². The summed E-state index contributed by atoms with van der Waals surface area (Å²) in [5, 5.41) is 13.5. The van der Waals surface area contributed by atoms with Crippen molar-refractivity contribution in [3.8, 4) is 0 Å². The van der Waals surface area contributed by atoms with Crippen LogP contribution in [-0.4, -0.2) is 56.1 Å². The Hall–Kier alpha value is -2.61. The van der Waals surface area contributed by atoms with Gasteiger partial charge in [-0.05, 0) is 31.0 Å². The number of furan rings is 1. The first-order chi connectivity index (χ1) is 12.2. The zero-order valence-corrected chi connectivity index (χ0v) is 13.8. The molecule has 8 heteroatoms. The normalized spacial score (nSPS) is 17.0. The minimum Gasteiger partial charge on any atom is -0.453 e. The number of aliphatic hydroxyl groups excluding tert-OH is 1. The van der Waals surface area contributed by atoms with E-state index in [0.717, 1.165) is 31.6 Å². The topological polar surface area (TPSA) is 91.8 Å². The second kappa shape index (κ2) is 6.36. The maximum absolute atomic E-state index is 12.5. The van der Waals surface area contributed by atoms with Gasteiger partial charge in [0.25, 0.3) is 11.8 Å². The molecule has 8 nitrogen and oxygen atoms in total. The van der Waals surface area contributed by atoms with Gasteiger partial charge >= 0.3 is 0 Å². The third-order valence-corrected chi connectivity index (χ3v) is 4.73. The van der Waals surface area contributed by atoms with E-state index in [4.69, 9.17) is 9.52 Å². The van der Waals surface area contributed by atoms with E-state index < -0.39 is 0 Å². The van der Waals surface area contributed by atoms with Crippen molar-refractivity contribution >= 4 is 11.8 Å². The van der Waals surface area contributed by atoms with E-state index in [-0.39, 0.29) is 24.2 Å². The first-order valence-electron chi connectivity index (χ1n) is 8.50. The third-order valence-electron chi connectivity index (χ3n) is 4.73. The molecule has 25 heavy (non-hydrogen) atoms. The lowest BCUT2D eigenvalue weighted by Gasteiger charge is -2.26. The van der Waals surface area contributed by atoms with E-state index in [0.29, 0.717) is 31.1 Å². The number of rotatable bonds is 3. The molecule has 1 N–H and O–H groups in total. The lowest BCUT2D eigenvalue weighted by atomic mass is 10.2. The van der Waals surface area contributed by atoms with Crippen LogP contribution in [0.3, 0.4) is 0 Å². The van der Waals surface area contributed by atoms with Crippen molar-refractivity contribution in [2.45, 2.75) is 32.5 Å². The molecule has 2 aliphatic rings. The van der Waals surface area contributed by atoms with Gasteiger partial charge in [0.1, 0.15) is 12.4 Å². The van der Waals surface area contributed by atoms with Crippen molar-refractivity contribution < 1.29 is 19.1 Å². The van der Waals surface area contributed by atoms with Crippen LogP contribution in [-0.2, 0) is 19.7 Å². The number of aromatic nitrogens is 2. The monoisotopic (exact) mass is 344 g/mol. The van der Waals surface area contributed by atoms with Gasteiger partial charge in [0.05, 0.1) is 18.8 Å². The van der Waals surface area contributed by atoms with Crippen LogP contribution in [0.4, 0.5) is 0 Å². The molecular formula is C17H20N4O4. The number of likely N-dealkylation sites (tertiary alicyclic amines) is 1. The van der Waals surface area contributed by atoms with Crippen molar-refractivity contribution in [2.24, 2.45) is 0 Å². The summed E-state index contributed by atoms with van der Waals surface area (Å²) in [5.41, 5.74) is 1.29. The molecule has 2 aromatic heterocycles. The van der Waals surface area contributed by atoms with Crippen LogP contribution in [0.5, 0.6) is 0 Å². The van der Waals surface area contributed by atoms with Crippen molar-refractivity contribution in [1.82, 2.24) is 19.6 Å². The smallest absolute Gasteiger partial charge is 0.289 e. The first-order valence-corrected chi connectivity index (χ1v) is 8.50. The Bertz CT molecular complexity index is 803. The molecule has 2 amide bonds. The lowest BCUT2D eigenvalue weighted by molar-refractivity contribution is 0.0667. The molecule has 0 unspecified atom stereocenters. The minimum atomic E-state index is -0.234. The number of hydrogen-bond donors (Lipinski definition) is 1. The number of aliphatic hydroxyl groups is 1. The van der Waals surface area contributed by atoms with E-state index >= 15 is 0 Å². The van der Waals surface area contributed by atoms with Crippen LogP contribution in [0, 0.1) is 0 Å². The molecule has 2 aliphatic heterocycles. The second-order valence-electron chi connectivity index (χ2n) is 6.39. The maximum atomic E-state index is 12.5. The molecule has 0 saturated carbocycles. The molecule has 0 spiro atoms. The van der Waals surface area contributed by atoms with Crippen LogP contribution >= 0.6 is 0 Å². The number of nitrogens with zero attached hydrogens (tertiary/aromatic N) is 4. The summed E-state index contributed by atoms with van der Waals surface area (Å²) >= 11 is 0. The molecular weight excluding hydrogens is 324 g/mol. The average molecular weight is 344 g/mol. The number of hydrogen-bond acceptors (Lipinski definition) is 5. The molecule has 132 valence electrons. The molecule has 0 radical (unpaired) electrons. The highest BCUT2D eigenvalue weighted by molar-refractivity contribution is 5.93. The molecule has 0 atom stereocenters. The number of amides is 2. The van der Waals surface area contributed by atoms with Crippen molar-refractivity contribution in [2.75, 3.05) is 19.6 Å². The Labute approximate surface area is 144 Å². The Balaban J connectivity index is 1.49. The molecule has 1 fully saturated rings. The number of fused-ring (bicyclic) bond motifs is 1. The van der Waals surface area contributed by atoms with E-state index in [1.807, 2.05) is 4.90 Å². The molecule has 0 aliphatic carbocycles. The van der Waals surface area contributed by atoms with Crippen molar-refractivity contribution in [3.63, 3.8) is 0 Å². The SMILES string of the molecule is O=C(c1cc2n(n1)CCN(C(=O)c1ccc(CO)o1)C2)N1CCCC1. The molecule has 0 aromatic carbocycles. The zero-order chi connectivity index (χ0) is 17.4. The molecule has 0 bridgehead atoms. The summed E-state index contributed by atoms with van der Waals surface area (Å²) in [4.78, 5) is 28.5. The Morgan fingerprint density at radius 2 is 1.88 bits per heavy atom. The zero-order valence-electron chi connectivity index (χ0n) is 13.8. The van der Waals surface area contributed by atoms with Crippen LogP contribution in [0.2, 0.25) is 0 Å². The van der Waals surface area contributed by atoms with Gasteiger partial charge in [-0.2, -0.15) is 5.10 Å². The summed E-state index contributed by atoms with van der Waals surface area (Å²) < 4.78 is 7.12. The summed E-state index contributed by atoms with van der Waals surface area (Å²) in [7, 11) is 0. The highest BCUT2D eigenvalue weighted by Crippen LogP contribution is 2.19. The standard InChI is InChI=1S/C17H20N4O4/c22-11-13-3-4-15(25-13)17(24)20-7-8-21-12(10-20)9-14(18-21)16(23)19-5-1-2-6-19/h3-4,9,22H,1-2,5-8,10-11H2. The summed E-state index contributed by atoms with van der Waals surface area (Å²) in [6, 6.07) is 4.94. The Morgan fingerprint density at radius 3 is 2.60 bits per heavy atom. The van der Waals surface area contributed by atoms with Crippen molar-refractivity contribution in [1.29, 1.82) is 0 Å². The molecule has 2 aromatic rings. The summed E-state index contributed by atoms with van der Waals surface area (Å²) in [6.07, 6.45) is 2.08. The van der Waals surface area contributed by atoms with Gasteiger partial charge in [-0.25, -0.2) is 0 Å². The van der Waals surface area contributed by atoms with Crippen molar-refractivity contribution in [3.05, 3.63) is 41.1 Å².